The third kappa shape index (κ3) is 1.71. The van der Waals surface area contributed by atoms with E-state index in [1.165, 1.54) is 24.0 Å². The number of nitrogens with zero attached hydrogens (tertiary/aromatic N) is 1. The largest absolute Gasteiger partial charge is 0.244 e. The van der Waals surface area contributed by atoms with Gasteiger partial charge in [-0.25, -0.2) is 4.98 Å². The van der Waals surface area contributed by atoms with Crippen molar-refractivity contribution >= 4 is 11.6 Å². The lowest BCUT2D eigenvalue weighted by molar-refractivity contribution is 0.287. The first-order valence-electron chi connectivity index (χ1n) is 4.79. The Morgan fingerprint density at radius 2 is 2.15 bits per heavy atom. The Labute approximate surface area is 84.1 Å². The second-order valence-corrected chi connectivity index (χ2v) is 4.52. The molecule has 1 aromatic heterocycles. The van der Waals surface area contributed by atoms with E-state index in [1.54, 1.807) is 0 Å². The van der Waals surface area contributed by atoms with Crippen LogP contribution in [0, 0.1) is 12.8 Å². The summed E-state index contributed by atoms with van der Waals surface area (Å²) in [7, 11) is 0. The summed E-state index contributed by atoms with van der Waals surface area (Å²) in [6.07, 6.45) is 4.49. The molecule has 1 aliphatic rings. The number of aryl methyl sites for hydroxylation is 1. The average molecular weight is 196 g/mol. The Morgan fingerprint density at radius 3 is 2.77 bits per heavy atom. The van der Waals surface area contributed by atoms with Gasteiger partial charge in [-0.05, 0) is 48.8 Å². The molecular formula is C11H14ClN. The van der Waals surface area contributed by atoms with Crippen LogP contribution in [0.5, 0.6) is 0 Å². The molecule has 0 aliphatic heterocycles. The summed E-state index contributed by atoms with van der Waals surface area (Å²) >= 11 is 5.87. The van der Waals surface area contributed by atoms with Gasteiger partial charge in [-0.2, -0.15) is 0 Å². The maximum absolute atomic E-state index is 5.87. The fraction of sp³-hybridized carbons (Fsp3) is 0.545. The molecule has 0 spiro atoms. The summed E-state index contributed by atoms with van der Waals surface area (Å²) in [5.74, 6) is 1.62. The number of rotatable bonds is 1. The van der Waals surface area contributed by atoms with Gasteiger partial charge in [0.05, 0.1) is 0 Å². The van der Waals surface area contributed by atoms with Gasteiger partial charge in [-0.1, -0.05) is 18.5 Å². The monoisotopic (exact) mass is 195 g/mol. The Hall–Kier alpha value is -0.560. The van der Waals surface area contributed by atoms with Crippen LogP contribution in [-0.2, 0) is 0 Å². The van der Waals surface area contributed by atoms with Crippen LogP contribution in [0.4, 0.5) is 0 Å². The van der Waals surface area contributed by atoms with E-state index in [0.29, 0.717) is 5.15 Å². The van der Waals surface area contributed by atoms with E-state index in [1.807, 2.05) is 12.3 Å². The van der Waals surface area contributed by atoms with Crippen molar-refractivity contribution in [3.05, 3.63) is 28.5 Å². The summed E-state index contributed by atoms with van der Waals surface area (Å²) in [6, 6.07) is 2.02. The molecule has 0 atom stereocenters. The van der Waals surface area contributed by atoms with E-state index in [-0.39, 0.29) is 0 Å². The molecule has 1 aromatic rings. The van der Waals surface area contributed by atoms with Gasteiger partial charge in [0.1, 0.15) is 5.15 Å². The molecule has 0 N–H and O–H groups in total. The summed E-state index contributed by atoms with van der Waals surface area (Å²) in [6.45, 7) is 4.41. The third-order valence-electron chi connectivity index (χ3n) is 2.93. The van der Waals surface area contributed by atoms with Crippen molar-refractivity contribution < 1.29 is 0 Å². The molecule has 0 aromatic carbocycles. The first kappa shape index (κ1) is 9.01. The summed E-state index contributed by atoms with van der Waals surface area (Å²) < 4.78 is 0. The highest BCUT2D eigenvalue weighted by atomic mass is 35.5. The summed E-state index contributed by atoms with van der Waals surface area (Å²) in [5, 5.41) is 0.625. The molecule has 0 bridgehead atoms. The standard InChI is InChI=1S/C11H14ClN/c1-7-3-9(4-7)10-5-11(12)13-6-8(10)2/h5-7,9H,3-4H2,1-2H3. The van der Waals surface area contributed by atoms with Crippen LogP contribution in [-0.4, -0.2) is 4.98 Å². The second-order valence-electron chi connectivity index (χ2n) is 4.14. The van der Waals surface area contributed by atoms with E-state index >= 15 is 0 Å². The van der Waals surface area contributed by atoms with Crippen molar-refractivity contribution in [1.29, 1.82) is 0 Å². The van der Waals surface area contributed by atoms with Crippen molar-refractivity contribution in [1.82, 2.24) is 4.98 Å². The number of aromatic nitrogens is 1. The van der Waals surface area contributed by atoms with Crippen LogP contribution in [0.15, 0.2) is 12.3 Å². The SMILES string of the molecule is Cc1cnc(Cl)cc1C1CC(C)C1. The first-order chi connectivity index (χ1) is 6.16. The normalized spacial score (nSPS) is 27.0. The second kappa shape index (κ2) is 3.30. The molecule has 1 aliphatic carbocycles. The third-order valence-corrected chi connectivity index (χ3v) is 3.13. The quantitative estimate of drug-likeness (QED) is 0.625. The summed E-state index contributed by atoms with van der Waals surface area (Å²) in [5.41, 5.74) is 2.68. The van der Waals surface area contributed by atoms with Crippen molar-refractivity contribution in [2.45, 2.75) is 32.6 Å². The molecule has 0 unspecified atom stereocenters. The van der Waals surface area contributed by atoms with Crippen LogP contribution in [0.25, 0.3) is 0 Å². The van der Waals surface area contributed by atoms with Crippen molar-refractivity contribution in [3.8, 4) is 0 Å². The zero-order valence-electron chi connectivity index (χ0n) is 8.05. The smallest absolute Gasteiger partial charge is 0.129 e. The number of pyridine rings is 1. The first-order valence-corrected chi connectivity index (χ1v) is 5.16. The molecule has 2 rings (SSSR count). The fourth-order valence-electron chi connectivity index (χ4n) is 2.11. The number of hydrogen-bond donors (Lipinski definition) is 0. The minimum atomic E-state index is 0.625. The Bertz CT molecular complexity index is 316. The van der Waals surface area contributed by atoms with Gasteiger partial charge < -0.3 is 0 Å². The van der Waals surface area contributed by atoms with Crippen molar-refractivity contribution in [2.24, 2.45) is 5.92 Å². The van der Waals surface area contributed by atoms with Gasteiger partial charge >= 0.3 is 0 Å². The molecule has 13 heavy (non-hydrogen) atoms. The van der Waals surface area contributed by atoms with E-state index in [2.05, 4.69) is 18.8 Å². The van der Waals surface area contributed by atoms with E-state index in [9.17, 15) is 0 Å². The highest BCUT2D eigenvalue weighted by Gasteiger charge is 2.27. The molecule has 2 heteroatoms. The van der Waals surface area contributed by atoms with Gasteiger partial charge in [-0.3, -0.25) is 0 Å². The Kier molecular flexibility index (Phi) is 2.29. The maximum atomic E-state index is 5.87. The predicted octanol–water partition coefficient (Wildman–Crippen LogP) is 3.56. The predicted molar refractivity (Wildman–Crippen MR) is 55.1 cm³/mol. The topological polar surface area (TPSA) is 12.9 Å². The lowest BCUT2D eigenvalue weighted by Gasteiger charge is -2.33. The molecule has 0 saturated heterocycles. The van der Waals surface area contributed by atoms with Crippen LogP contribution >= 0.6 is 11.6 Å². The molecule has 1 saturated carbocycles. The zero-order chi connectivity index (χ0) is 9.42. The van der Waals surface area contributed by atoms with Crippen LogP contribution in [0.2, 0.25) is 5.15 Å². The molecule has 1 heterocycles. The molecule has 1 fully saturated rings. The van der Waals surface area contributed by atoms with Crippen LogP contribution in [0.3, 0.4) is 0 Å². The highest BCUT2D eigenvalue weighted by Crippen LogP contribution is 2.42. The van der Waals surface area contributed by atoms with Crippen LogP contribution in [0.1, 0.15) is 36.8 Å². The van der Waals surface area contributed by atoms with Gasteiger partial charge in [-0.15, -0.1) is 0 Å². The molecule has 1 nitrogen and oxygen atoms in total. The van der Waals surface area contributed by atoms with Gasteiger partial charge in [0, 0.05) is 6.20 Å². The van der Waals surface area contributed by atoms with E-state index in [0.717, 1.165) is 11.8 Å². The zero-order valence-corrected chi connectivity index (χ0v) is 8.80. The minimum absolute atomic E-state index is 0.625. The minimum Gasteiger partial charge on any atom is -0.244 e. The Balaban J connectivity index is 2.24. The molecule has 0 amide bonds. The maximum Gasteiger partial charge on any atom is 0.129 e. The molecule has 70 valence electrons. The Morgan fingerprint density at radius 1 is 1.46 bits per heavy atom. The van der Waals surface area contributed by atoms with E-state index in [4.69, 9.17) is 11.6 Å². The highest BCUT2D eigenvalue weighted by molar-refractivity contribution is 6.29. The lowest BCUT2D eigenvalue weighted by Crippen LogP contribution is -2.19. The molecule has 0 radical (unpaired) electrons. The van der Waals surface area contributed by atoms with E-state index < -0.39 is 0 Å². The molecular weight excluding hydrogens is 182 g/mol. The van der Waals surface area contributed by atoms with Gasteiger partial charge in [0.25, 0.3) is 0 Å². The number of hydrogen-bond acceptors (Lipinski definition) is 1. The van der Waals surface area contributed by atoms with Crippen molar-refractivity contribution in [3.63, 3.8) is 0 Å². The lowest BCUT2D eigenvalue weighted by atomic mass is 9.72. The number of halogens is 1. The van der Waals surface area contributed by atoms with Crippen molar-refractivity contribution in [2.75, 3.05) is 0 Å². The van der Waals surface area contributed by atoms with Crippen LogP contribution < -0.4 is 0 Å². The van der Waals surface area contributed by atoms with Gasteiger partial charge in [0.15, 0.2) is 0 Å². The average Bonchev–Trinajstić information content (AvgIpc) is 2.04. The van der Waals surface area contributed by atoms with Gasteiger partial charge in [0.2, 0.25) is 0 Å². The fourth-order valence-corrected chi connectivity index (χ4v) is 2.27. The summed E-state index contributed by atoms with van der Waals surface area (Å²) in [4.78, 5) is 4.06.